The van der Waals surface area contributed by atoms with Gasteiger partial charge in [-0.3, -0.25) is 0 Å². The number of aliphatic hydroxyl groups excluding tert-OH is 2. The molecule has 0 spiro atoms. The lowest BCUT2D eigenvalue weighted by Crippen LogP contribution is -2.24. The van der Waals surface area contributed by atoms with Crippen LogP contribution in [0.5, 0.6) is 5.75 Å². The standard InChI is InChI=1S/C18H24N4O3/c1-4-6-14(10-23)22-18-17(9-19-13(3)20-18)25-11-15-7-5-8-16(21-15)12(2)24/h5,7-9,14,23-24H,2,4,6,10-11H2,1,3H3,(H,19,20,22). The van der Waals surface area contributed by atoms with Crippen LogP contribution < -0.4 is 10.1 Å². The molecular formula is C18H24N4O3. The van der Waals surface area contributed by atoms with E-state index in [1.54, 1.807) is 31.3 Å². The summed E-state index contributed by atoms with van der Waals surface area (Å²) in [4.78, 5) is 12.8. The minimum atomic E-state index is -0.0965. The zero-order valence-corrected chi connectivity index (χ0v) is 14.6. The maximum absolute atomic E-state index is 9.48. The van der Waals surface area contributed by atoms with E-state index in [2.05, 4.69) is 33.8 Å². The number of anilines is 1. The van der Waals surface area contributed by atoms with Crippen LogP contribution in [0.25, 0.3) is 5.76 Å². The Morgan fingerprint density at radius 1 is 1.36 bits per heavy atom. The maximum atomic E-state index is 9.48. The normalized spacial score (nSPS) is 11.8. The summed E-state index contributed by atoms with van der Waals surface area (Å²) in [5.74, 6) is 1.55. The second kappa shape index (κ2) is 8.98. The number of aromatic nitrogens is 3. The van der Waals surface area contributed by atoms with Crippen LogP contribution in [0.2, 0.25) is 0 Å². The highest BCUT2D eigenvalue weighted by Crippen LogP contribution is 2.23. The number of aliphatic hydroxyl groups is 2. The van der Waals surface area contributed by atoms with Crippen LogP contribution in [-0.4, -0.2) is 37.8 Å². The minimum Gasteiger partial charge on any atom is -0.506 e. The summed E-state index contributed by atoms with van der Waals surface area (Å²) in [7, 11) is 0. The highest BCUT2D eigenvalue weighted by atomic mass is 16.5. The first-order chi connectivity index (χ1) is 12.0. The molecule has 134 valence electrons. The molecule has 1 atom stereocenters. The van der Waals surface area contributed by atoms with Crippen LogP contribution in [-0.2, 0) is 6.61 Å². The summed E-state index contributed by atoms with van der Waals surface area (Å²) in [5.41, 5.74) is 1.05. The zero-order valence-electron chi connectivity index (χ0n) is 14.6. The second-order valence-electron chi connectivity index (χ2n) is 5.69. The van der Waals surface area contributed by atoms with Gasteiger partial charge in [0.25, 0.3) is 0 Å². The van der Waals surface area contributed by atoms with Gasteiger partial charge < -0.3 is 20.3 Å². The third-order valence-corrected chi connectivity index (χ3v) is 3.55. The molecule has 1 unspecified atom stereocenters. The van der Waals surface area contributed by atoms with E-state index in [4.69, 9.17) is 4.74 Å². The first kappa shape index (κ1) is 18.7. The molecule has 0 bridgehead atoms. The molecule has 0 aromatic carbocycles. The number of aryl methyl sites for hydroxylation is 1. The first-order valence-corrected chi connectivity index (χ1v) is 8.21. The van der Waals surface area contributed by atoms with E-state index in [9.17, 15) is 10.2 Å². The summed E-state index contributed by atoms with van der Waals surface area (Å²) in [6, 6.07) is 5.14. The van der Waals surface area contributed by atoms with E-state index >= 15 is 0 Å². The Balaban J connectivity index is 2.13. The number of nitrogens with one attached hydrogen (secondary N) is 1. The molecule has 0 aliphatic heterocycles. The van der Waals surface area contributed by atoms with E-state index in [0.29, 0.717) is 28.8 Å². The Hall–Kier alpha value is -2.67. The molecule has 0 amide bonds. The summed E-state index contributed by atoms with van der Waals surface area (Å²) < 4.78 is 5.79. The first-order valence-electron chi connectivity index (χ1n) is 8.21. The van der Waals surface area contributed by atoms with Gasteiger partial charge in [-0.1, -0.05) is 26.0 Å². The number of hydrogen-bond donors (Lipinski definition) is 3. The molecule has 2 aromatic heterocycles. The fourth-order valence-corrected chi connectivity index (χ4v) is 2.29. The van der Waals surface area contributed by atoms with Gasteiger partial charge >= 0.3 is 0 Å². The molecule has 0 saturated heterocycles. The number of pyridine rings is 1. The molecule has 0 saturated carbocycles. The van der Waals surface area contributed by atoms with Gasteiger partial charge in [0.1, 0.15) is 23.9 Å². The van der Waals surface area contributed by atoms with Crippen molar-refractivity contribution in [3.05, 3.63) is 48.2 Å². The minimum absolute atomic E-state index is 0.0124. The second-order valence-corrected chi connectivity index (χ2v) is 5.69. The van der Waals surface area contributed by atoms with Crippen molar-refractivity contribution in [2.24, 2.45) is 0 Å². The third kappa shape index (κ3) is 5.42. The number of rotatable bonds is 9. The SMILES string of the molecule is C=C(O)c1cccc(COc2cnc(C)nc2NC(CO)CCC)n1. The monoisotopic (exact) mass is 344 g/mol. The molecule has 0 aliphatic carbocycles. The van der Waals surface area contributed by atoms with E-state index in [-0.39, 0.29) is 25.0 Å². The molecule has 3 N–H and O–H groups in total. The van der Waals surface area contributed by atoms with Crippen LogP contribution in [0.1, 0.15) is 37.0 Å². The average Bonchev–Trinajstić information content (AvgIpc) is 2.60. The molecule has 0 aliphatic rings. The van der Waals surface area contributed by atoms with E-state index in [0.717, 1.165) is 12.8 Å². The number of ether oxygens (including phenoxy) is 1. The Kier molecular flexibility index (Phi) is 6.71. The van der Waals surface area contributed by atoms with Crippen LogP contribution in [0.4, 0.5) is 5.82 Å². The van der Waals surface area contributed by atoms with Crippen LogP contribution in [0.3, 0.4) is 0 Å². The van der Waals surface area contributed by atoms with Gasteiger partial charge in [-0.2, -0.15) is 0 Å². The van der Waals surface area contributed by atoms with Crippen LogP contribution in [0.15, 0.2) is 31.0 Å². The quantitative estimate of drug-likeness (QED) is 0.601. The predicted octanol–water partition coefficient (Wildman–Crippen LogP) is 2.86. The van der Waals surface area contributed by atoms with Crippen LogP contribution in [0, 0.1) is 6.92 Å². The predicted molar refractivity (Wildman–Crippen MR) is 96.4 cm³/mol. The molecular weight excluding hydrogens is 320 g/mol. The summed E-state index contributed by atoms with van der Waals surface area (Å²) >= 11 is 0. The highest BCUT2D eigenvalue weighted by Gasteiger charge is 2.13. The van der Waals surface area contributed by atoms with Gasteiger partial charge in [-0.05, 0) is 25.5 Å². The van der Waals surface area contributed by atoms with Crippen molar-refractivity contribution in [2.45, 2.75) is 39.3 Å². The topological polar surface area (TPSA) is 100 Å². The lowest BCUT2D eigenvalue weighted by atomic mass is 10.2. The van der Waals surface area contributed by atoms with Gasteiger partial charge in [0.05, 0.1) is 24.5 Å². The molecule has 2 aromatic rings. The summed E-state index contributed by atoms with van der Waals surface area (Å²) in [5, 5.41) is 22.1. The van der Waals surface area contributed by atoms with Crippen molar-refractivity contribution >= 4 is 11.6 Å². The molecule has 7 heteroatoms. The maximum Gasteiger partial charge on any atom is 0.180 e. The number of nitrogens with zero attached hydrogens (tertiary/aromatic N) is 3. The van der Waals surface area contributed by atoms with Gasteiger partial charge in [-0.25, -0.2) is 15.0 Å². The summed E-state index contributed by atoms with van der Waals surface area (Å²) in [6.45, 7) is 7.52. The molecule has 0 fully saturated rings. The van der Waals surface area contributed by atoms with E-state index in [1.165, 1.54) is 0 Å². The molecule has 0 radical (unpaired) electrons. The van der Waals surface area contributed by atoms with Crippen molar-refractivity contribution in [3.8, 4) is 5.75 Å². The van der Waals surface area contributed by atoms with Crippen molar-refractivity contribution < 1.29 is 14.9 Å². The van der Waals surface area contributed by atoms with Gasteiger partial charge in [0.15, 0.2) is 11.6 Å². The van der Waals surface area contributed by atoms with Crippen LogP contribution >= 0.6 is 0 Å². The van der Waals surface area contributed by atoms with Crippen molar-refractivity contribution in [1.29, 1.82) is 0 Å². The summed E-state index contributed by atoms with van der Waals surface area (Å²) in [6.07, 6.45) is 3.36. The van der Waals surface area contributed by atoms with Crippen molar-refractivity contribution in [1.82, 2.24) is 15.0 Å². The molecule has 7 nitrogen and oxygen atoms in total. The zero-order chi connectivity index (χ0) is 18.2. The Bertz CT molecular complexity index is 721. The molecule has 25 heavy (non-hydrogen) atoms. The van der Waals surface area contributed by atoms with Gasteiger partial charge in [0.2, 0.25) is 0 Å². The Labute approximate surface area is 147 Å². The highest BCUT2D eigenvalue weighted by molar-refractivity contribution is 5.52. The largest absolute Gasteiger partial charge is 0.506 e. The fourth-order valence-electron chi connectivity index (χ4n) is 2.29. The lowest BCUT2D eigenvalue weighted by molar-refractivity contribution is 0.266. The third-order valence-electron chi connectivity index (χ3n) is 3.55. The fraction of sp³-hybridized carbons (Fsp3) is 0.389. The van der Waals surface area contributed by atoms with Gasteiger partial charge in [0, 0.05) is 0 Å². The molecule has 2 heterocycles. The van der Waals surface area contributed by atoms with Crippen molar-refractivity contribution in [3.63, 3.8) is 0 Å². The van der Waals surface area contributed by atoms with Gasteiger partial charge in [-0.15, -0.1) is 0 Å². The van der Waals surface area contributed by atoms with E-state index < -0.39 is 0 Å². The van der Waals surface area contributed by atoms with E-state index in [1.807, 2.05) is 0 Å². The van der Waals surface area contributed by atoms with Crippen molar-refractivity contribution in [2.75, 3.05) is 11.9 Å². The smallest absolute Gasteiger partial charge is 0.180 e. The Morgan fingerprint density at radius 2 is 2.16 bits per heavy atom. The number of hydrogen-bond acceptors (Lipinski definition) is 7. The average molecular weight is 344 g/mol. The Morgan fingerprint density at radius 3 is 2.84 bits per heavy atom. The lowest BCUT2D eigenvalue weighted by Gasteiger charge is -2.18. The molecule has 2 rings (SSSR count).